The second-order valence-electron chi connectivity index (χ2n) is 7.34. The molecule has 0 aliphatic heterocycles. The van der Waals surface area contributed by atoms with E-state index in [2.05, 4.69) is 21.6 Å². The van der Waals surface area contributed by atoms with Crippen LogP contribution in [0.15, 0.2) is 94.4 Å². The molecule has 5 nitrogen and oxygen atoms in total. The Bertz CT molecular complexity index is 1450. The Kier molecular flexibility index (Phi) is 4.84. The second-order valence-corrected chi connectivity index (χ2v) is 7.34. The largest absolute Gasteiger partial charge is 0.497 e. The summed E-state index contributed by atoms with van der Waals surface area (Å²) in [5.74, 6) is 2.22. The van der Waals surface area contributed by atoms with E-state index < -0.39 is 0 Å². The molecule has 3 aromatic carbocycles. The summed E-state index contributed by atoms with van der Waals surface area (Å²) >= 11 is 0. The summed E-state index contributed by atoms with van der Waals surface area (Å²) in [6, 6.07) is 27.8. The van der Waals surface area contributed by atoms with Crippen LogP contribution in [0.4, 0.5) is 5.82 Å². The lowest BCUT2D eigenvalue weighted by molar-refractivity contribution is 0.415. The van der Waals surface area contributed by atoms with Gasteiger partial charge in [-0.25, -0.2) is 4.98 Å². The topological polar surface area (TPSA) is 59.6 Å². The number of nitrogens with one attached hydrogen (secondary N) is 1. The molecule has 0 spiro atoms. The van der Waals surface area contributed by atoms with E-state index in [1.165, 1.54) is 0 Å². The Balaban J connectivity index is 1.61. The maximum absolute atomic E-state index is 6.21. The van der Waals surface area contributed by atoms with Crippen molar-refractivity contribution in [2.24, 2.45) is 5.10 Å². The summed E-state index contributed by atoms with van der Waals surface area (Å²) in [4.78, 5) is 4.64. The molecular formula is C26H21N3O2. The maximum Gasteiger partial charge on any atom is 0.146 e. The molecule has 0 unspecified atom stereocenters. The number of aromatic nitrogens is 1. The molecule has 0 bridgehead atoms. The van der Waals surface area contributed by atoms with Crippen molar-refractivity contribution in [2.45, 2.75) is 6.92 Å². The van der Waals surface area contributed by atoms with E-state index in [-0.39, 0.29) is 0 Å². The van der Waals surface area contributed by atoms with Gasteiger partial charge in [-0.15, -0.1) is 0 Å². The molecule has 0 saturated heterocycles. The average molecular weight is 407 g/mol. The molecule has 5 rings (SSSR count). The Morgan fingerprint density at radius 1 is 0.903 bits per heavy atom. The van der Waals surface area contributed by atoms with Gasteiger partial charge in [0.2, 0.25) is 0 Å². The van der Waals surface area contributed by atoms with Crippen molar-refractivity contribution >= 4 is 27.7 Å². The van der Waals surface area contributed by atoms with Crippen LogP contribution in [0.2, 0.25) is 0 Å². The summed E-state index contributed by atoms with van der Waals surface area (Å²) in [6.07, 6.45) is 0. The molecule has 2 heterocycles. The lowest BCUT2D eigenvalue weighted by atomic mass is 10.1. The number of aryl methyl sites for hydroxylation is 1. The molecule has 5 aromatic rings. The van der Waals surface area contributed by atoms with E-state index >= 15 is 0 Å². The average Bonchev–Trinajstić information content (AvgIpc) is 2.82. The Hall–Kier alpha value is -4.12. The van der Waals surface area contributed by atoms with Crippen molar-refractivity contribution in [3.63, 3.8) is 0 Å². The van der Waals surface area contributed by atoms with E-state index in [0.29, 0.717) is 5.82 Å². The van der Waals surface area contributed by atoms with Gasteiger partial charge in [-0.05, 0) is 67.1 Å². The number of benzene rings is 3. The summed E-state index contributed by atoms with van der Waals surface area (Å²) in [5, 5.41) is 7.46. The van der Waals surface area contributed by atoms with Gasteiger partial charge in [-0.2, -0.15) is 5.10 Å². The minimum absolute atomic E-state index is 0.686. The highest BCUT2D eigenvalue weighted by Crippen LogP contribution is 2.25. The Morgan fingerprint density at radius 3 is 2.58 bits per heavy atom. The number of pyridine rings is 1. The smallest absolute Gasteiger partial charge is 0.146 e. The van der Waals surface area contributed by atoms with Gasteiger partial charge >= 0.3 is 0 Å². The van der Waals surface area contributed by atoms with Gasteiger partial charge in [-0.3, -0.25) is 5.43 Å². The number of hydrogen-bond donors (Lipinski definition) is 1. The number of rotatable bonds is 4. The molecular weight excluding hydrogens is 386 g/mol. The first-order valence-corrected chi connectivity index (χ1v) is 10.0. The van der Waals surface area contributed by atoms with E-state index in [9.17, 15) is 0 Å². The number of para-hydroxylation sites is 1. The zero-order valence-electron chi connectivity index (χ0n) is 17.3. The SMILES string of the molecule is COc1ccc(-c2cc(=NNc3ccc4ccccc4n3)c3ccc(C)cc3o2)cc1. The van der Waals surface area contributed by atoms with Crippen molar-refractivity contribution in [3.05, 3.63) is 95.8 Å². The third-order valence-corrected chi connectivity index (χ3v) is 5.16. The Morgan fingerprint density at radius 2 is 1.74 bits per heavy atom. The molecule has 0 aliphatic carbocycles. The van der Waals surface area contributed by atoms with Crippen LogP contribution in [0, 0.1) is 6.92 Å². The highest BCUT2D eigenvalue weighted by molar-refractivity contribution is 5.80. The zero-order chi connectivity index (χ0) is 21.2. The van der Waals surface area contributed by atoms with Crippen LogP contribution in [0.25, 0.3) is 33.2 Å². The van der Waals surface area contributed by atoms with Crippen LogP contribution in [-0.4, -0.2) is 12.1 Å². The molecule has 0 aliphatic rings. The summed E-state index contributed by atoms with van der Waals surface area (Å²) in [5.41, 5.74) is 6.88. The van der Waals surface area contributed by atoms with Crippen LogP contribution in [0.1, 0.15) is 5.56 Å². The van der Waals surface area contributed by atoms with Crippen molar-refractivity contribution < 1.29 is 9.15 Å². The minimum atomic E-state index is 0.686. The third-order valence-electron chi connectivity index (χ3n) is 5.16. The van der Waals surface area contributed by atoms with E-state index in [1.54, 1.807) is 7.11 Å². The molecule has 1 N–H and O–H groups in total. The van der Waals surface area contributed by atoms with Crippen molar-refractivity contribution in [3.8, 4) is 17.1 Å². The van der Waals surface area contributed by atoms with Crippen molar-refractivity contribution in [1.82, 2.24) is 4.98 Å². The predicted octanol–water partition coefficient (Wildman–Crippen LogP) is 5.89. The number of hydrogen-bond acceptors (Lipinski definition) is 5. The Labute approximate surface area is 179 Å². The molecule has 0 radical (unpaired) electrons. The molecule has 0 atom stereocenters. The van der Waals surface area contributed by atoms with Gasteiger partial charge < -0.3 is 9.15 Å². The second kappa shape index (κ2) is 7.95. The van der Waals surface area contributed by atoms with Gasteiger partial charge in [0.1, 0.15) is 22.9 Å². The number of methoxy groups -OCH3 is 1. The number of fused-ring (bicyclic) bond motifs is 2. The number of nitrogens with zero attached hydrogens (tertiary/aromatic N) is 2. The number of anilines is 1. The fraction of sp³-hybridized carbons (Fsp3) is 0.0769. The monoisotopic (exact) mass is 407 g/mol. The third kappa shape index (κ3) is 3.85. The highest BCUT2D eigenvalue weighted by atomic mass is 16.5. The fourth-order valence-electron chi connectivity index (χ4n) is 3.51. The van der Waals surface area contributed by atoms with Gasteiger partial charge in [0.05, 0.1) is 18.0 Å². The molecule has 5 heteroatoms. The molecule has 0 saturated carbocycles. The minimum Gasteiger partial charge on any atom is -0.497 e. The van der Waals surface area contributed by atoms with Gasteiger partial charge in [0.15, 0.2) is 0 Å². The lowest BCUT2D eigenvalue weighted by Gasteiger charge is -2.07. The van der Waals surface area contributed by atoms with Crippen molar-refractivity contribution in [2.75, 3.05) is 12.5 Å². The van der Waals surface area contributed by atoms with E-state index in [1.807, 2.05) is 85.8 Å². The van der Waals surface area contributed by atoms with Crippen LogP contribution >= 0.6 is 0 Å². The molecule has 0 fully saturated rings. The van der Waals surface area contributed by atoms with Crippen LogP contribution in [-0.2, 0) is 0 Å². The predicted molar refractivity (Wildman–Crippen MR) is 124 cm³/mol. The van der Waals surface area contributed by atoms with Gasteiger partial charge in [0.25, 0.3) is 0 Å². The molecule has 0 amide bonds. The van der Waals surface area contributed by atoms with Crippen LogP contribution in [0.3, 0.4) is 0 Å². The zero-order valence-corrected chi connectivity index (χ0v) is 17.3. The summed E-state index contributed by atoms with van der Waals surface area (Å²) in [7, 11) is 1.65. The standard InChI is InChI=1S/C26H21N3O2/c1-17-7-13-21-23(28-29-26-14-10-18-5-3-4-6-22(18)27-26)16-24(31-25(21)15-17)19-8-11-20(30-2)12-9-19/h3-16H,1-2H3,(H,27,29). The van der Waals surface area contributed by atoms with Crippen molar-refractivity contribution in [1.29, 1.82) is 0 Å². The highest BCUT2D eigenvalue weighted by Gasteiger charge is 2.07. The molecule has 2 aromatic heterocycles. The van der Waals surface area contributed by atoms with E-state index in [4.69, 9.17) is 9.15 Å². The van der Waals surface area contributed by atoms with E-state index in [0.717, 1.165) is 49.9 Å². The first-order chi connectivity index (χ1) is 15.2. The summed E-state index contributed by atoms with van der Waals surface area (Å²) < 4.78 is 11.5. The first kappa shape index (κ1) is 18.9. The molecule has 152 valence electrons. The maximum atomic E-state index is 6.21. The molecule has 31 heavy (non-hydrogen) atoms. The van der Waals surface area contributed by atoms with Gasteiger partial charge in [-0.1, -0.05) is 24.3 Å². The quantitative estimate of drug-likeness (QED) is 0.377. The van der Waals surface area contributed by atoms with Crippen LogP contribution < -0.4 is 15.5 Å². The lowest BCUT2D eigenvalue weighted by Crippen LogP contribution is -2.08. The fourth-order valence-corrected chi connectivity index (χ4v) is 3.51. The normalized spacial score (nSPS) is 11.7. The summed E-state index contributed by atoms with van der Waals surface area (Å²) in [6.45, 7) is 2.04. The van der Waals surface area contributed by atoms with Gasteiger partial charge in [0, 0.05) is 22.4 Å². The van der Waals surface area contributed by atoms with Crippen LogP contribution in [0.5, 0.6) is 5.75 Å². The number of ether oxygens (including phenoxy) is 1. The first-order valence-electron chi connectivity index (χ1n) is 10.0.